The highest BCUT2D eigenvalue weighted by molar-refractivity contribution is 5.83. The molecule has 0 aliphatic carbocycles. The summed E-state index contributed by atoms with van der Waals surface area (Å²) in [6.45, 7) is 2.97. The third-order valence-electron chi connectivity index (χ3n) is 3.46. The van der Waals surface area contributed by atoms with Crippen molar-refractivity contribution in [3.05, 3.63) is 35.5 Å². The average molecular weight is 305 g/mol. The number of aliphatic hydroxyl groups excluding tert-OH is 1. The van der Waals surface area contributed by atoms with Crippen LogP contribution in [-0.2, 0) is 11.2 Å². The Hall–Kier alpha value is -2.05. The fraction of sp³-hybridized carbons (Fsp3) is 0.438. The van der Waals surface area contributed by atoms with Gasteiger partial charge < -0.3 is 25.5 Å². The van der Waals surface area contributed by atoms with Crippen LogP contribution in [0.2, 0.25) is 0 Å². The number of aromatic nitrogens is 1. The first-order valence-electron chi connectivity index (χ1n) is 7.35. The number of rotatable bonds is 7. The minimum Gasteiger partial charge on any atom is -0.389 e. The number of H-pyrrole nitrogens is 1. The van der Waals surface area contributed by atoms with Crippen molar-refractivity contribution in [2.24, 2.45) is 0 Å². The van der Waals surface area contributed by atoms with E-state index < -0.39 is 6.10 Å². The van der Waals surface area contributed by atoms with Crippen molar-refractivity contribution in [2.75, 3.05) is 26.8 Å². The standard InChI is InChI=1S/C16H23N3O3/c1-11-3-4-14-12(8-18-15(14)7-11)5-6-17-16(21)19-9-13(20)10-22-2/h3-4,7-8,13,18,20H,5-6,9-10H2,1-2H3,(H2,17,19,21). The molecular formula is C16H23N3O3. The van der Waals surface area contributed by atoms with Gasteiger partial charge in [-0.25, -0.2) is 4.79 Å². The lowest BCUT2D eigenvalue weighted by atomic mass is 10.1. The van der Waals surface area contributed by atoms with Crippen LogP contribution < -0.4 is 10.6 Å². The summed E-state index contributed by atoms with van der Waals surface area (Å²) in [5.74, 6) is 0. The monoisotopic (exact) mass is 305 g/mol. The van der Waals surface area contributed by atoms with Gasteiger partial charge in [-0.15, -0.1) is 0 Å². The van der Waals surface area contributed by atoms with Gasteiger partial charge in [0.05, 0.1) is 12.7 Å². The van der Waals surface area contributed by atoms with E-state index in [2.05, 4.69) is 40.7 Å². The van der Waals surface area contributed by atoms with Crippen LogP contribution >= 0.6 is 0 Å². The van der Waals surface area contributed by atoms with Gasteiger partial charge in [-0.05, 0) is 30.5 Å². The second-order valence-electron chi connectivity index (χ2n) is 5.36. The maximum Gasteiger partial charge on any atom is 0.314 e. The van der Waals surface area contributed by atoms with E-state index in [1.165, 1.54) is 23.6 Å². The van der Waals surface area contributed by atoms with Gasteiger partial charge in [0.2, 0.25) is 0 Å². The Kier molecular flexibility index (Phi) is 5.80. The molecule has 2 amide bonds. The van der Waals surface area contributed by atoms with Crippen LogP contribution in [0.5, 0.6) is 0 Å². The molecule has 0 fully saturated rings. The van der Waals surface area contributed by atoms with Crippen LogP contribution in [0.1, 0.15) is 11.1 Å². The first-order chi connectivity index (χ1) is 10.6. The molecule has 1 heterocycles. The van der Waals surface area contributed by atoms with E-state index in [1.807, 2.05) is 6.20 Å². The Morgan fingerprint density at radius 3 is 3.00 bits per heavy atom. The zero-order valence-electron chi connectivity index (χ0n) is 13.0. The molecule has 0 saturated carbocycles. The number of aryl methyl sites for hydroxylation is 1. The largest absolute Gasteiger partial charge is 0.389 e. The summed E-state index contributed by atoms with van der Waals surface area (Å²) in [6, 6.07) is 6.00. The highest BCUT2D eigenvalue weighted by Crippen LogP contribution is 2.19. The second kappa shape index (κ2) is 7.82. The Bertz CT molecular complexity index is 624. The molecule has 2 aromatic rings. The first kappa shape index (κ1) is 16.3. The quantitative estimate of drug-likeness (QED) is 0.622. The second-order valence-corrected chi connectivity index (χ2v) is 5.36. The van der Waals surface area contributed by atoms with Crippen molar-refractivity contribution in [3.8, 4) is 0 Å². The molecule has 0 aliphatic rings. The number of benzene rings is 1. The summed E-state index contributed by atoms with van der Waals surface area (Å²) in [6.07, 6.45) is 2.04. The molecule has 6 nitrogen and oxygen atoms in total. The SMILES string of the molecule is COCC(O)CNC(=O)NCCc1c[nH]c2cc(C)ccc12. The third kappa shape index (κ3) is 4.47. The summed E-state index contributed by atoms with van der Waals surface area (Å²) in [5, 5.41) is 16.0. The lowest BCUT2D eigenvalue weighted by Gasteiger charge is -2.11. The number of nitrogens with one attached hydrogen (secondary N) is 3. The normalized spacial score (nSPS) is 12.3. The summed E-state index contributed by atoms with van der Waals surface area (Å²) in [5.41, 5.74) is 3.50. The first-order valence-corrected chi connectivity index (χ1v) is 7.35. The number of carbonyl (C=O) groups excluding carboxylic acids is 1. The lowest BCUT2D eigenvalue weighted by Crippen LogP contribution is -2.41. The molecule has 1 atom stereocenters. The lowest BCUT2D eigenvalue weighted by molar-refractivity contribution is 0.0660. The van der Waals surface area contributed by atoms with Gasteiger partial charge in [-0.1, -0.05) is 12.1 Å². The third-order valence-corrected chi connectivity index (χ3v) is 3.46. The molecule has 0 spiro atoms. The van der Waals surface area contributed by atoms with Gasteiger partial charge in [-0.3, -0.25) is 0 Å². The number of aliphatic hydroxyl groups is 1. The molecule has 0 saturated heterocycles. The zero-order chi connectivity index (χ0) is 15.9. The molecule has 4 N–H and O–H groups in total. The number of hydrogen-bond acceptors (Lipinski definition) is 3. The van der Waals surface area contributed by atoms with E-state index >= 15 is 0 Å². The van der Waals surface area contributed by atoms with Crippen molar-refractivity contribution in [1.82, 2.24) is 15.6 Å². The van der Waals surface area contributed by atoms with Gasteiger partial charge in [0, 0.05) is 37.3 Å². The van der Waals surface area contributed by atoms with E-state index in [9.17, 15) is 9.90 Å². The number of carbonyl (C=O) groups is 1. The number of fused-ring (bicyclic) bond motifs is 1. The highest BCUT2D eigenvalue weighted by Gasteiger charge is 2.07. The van der Waals surface area contributed by atoms with Crippen molar-refractivity contribution in [2.45, 2.75) is 19.4 Å². The molecule has 0 aliphatic heterocycles. The molecule has 2 rings (SSSR count). The predicted molar refractivity (Wildman–Crippen MR) is 86.0 cm³/mol. The van der Waals surface area contributed by atoms with Crippen LogP contribution in [0.3, 0.4) is 0 Å². The predicted octanol–water partition coefficient (Wildman–Crippen LogP) is 1.33. The molecule has 1 unspecified atom stereocenters. The fourth-order valence-corrected chi connectivity index (χ4v) is 2.34. The van der Waals surface area contributed by atoms with E-state index in [4.69, 9.17) is 4.74 Å². The zero-order valence-corrected chi connectivity index (χ0v) is 13.0. The maximum atomic E-state index is 11.6. The Labute approximate surface area is 129 Å². The minimum absolute atomic E-state index is 0.173. The molecule has 6 heteroatoms. The Balaban J connectivity index is 1.77. The van der Waals surface area contributed by atoms with Crippen molar-refractivity contribution in [3.63, 3.8) is 0 Å². The van der Waals surface area contributed by atoms with E-state index in [0.717, 1.165) is 11.9 Å². The minimum atomic E-state index is -0.687. The average Bonchev–Trinajstić information content (AvgIpc) is 2.88. The Morgan fingerprint density at radius 1 is 1.41 bits per heavy atom. The maximum absolute atomic E-state index is 11.6. The van der Waals surface area contributed by atoms with Crippen LogP contribution in [0, 0.1) is 6.92 Å². The topological polar surface area (TPSA) is 86.4 Å². The molecule has 1 aromatic heterocycles. The fourth-order valence-electron chi connectivity index (χ4n) is 2.34. The van der Waals surface area contributed by atoms with Gasteiger partial charge >= 0.3 is 6.03 Å². The van der Waals surface area contributed by atoms with Crippen molar-refractivity contribution in [1.29, 1.82) is 0 Å². The number of ether oxygens (including phenoxy) is 1. The van der Waals surface area contributed by atoms with Crippen LogP contribution in [0.15, 0.2) is 24.4 Å². The smallest absolute Gasteiger partial charge is 0.314 e. The van der Waals surface area contributed by atoms with Crippen molar-refractivity contribution >= 4 is 16.9 Å². The van der Waals surface area contributed by atoms with Crippen LogP contribution in [-0.4, -0.2) is 49.0 Å². The molecular weight excluding hydrogens is 282 g/mol. The van der Waals surface area contributed by atoms with Gasteiger partial charge in [-0.2, -0.15) is 0 Å². The molecule has 0 radical (unpaired) electrons. The van der Waals surface area contributed by atoms with Gasteiger partial charge in [0.15, 0.2) is 0 Å². The van der Waals surface area contributed by atoms with Gasteiger partial charge in [0.1, 0.15) is 0 Å². The number of amides is 2. The summed E-state index contributed by atoms with van der Waals surface area (Å²) in [7, 11) is 1.51. The summed E-state index contributed by atoms with van der Waals surface area (Å²) in [4.78, 5) is 14.9. The Morgan fingerprint density at radius 2 is 2.23 bits per heavy atom. The van der Waals surface area contributed by atoms with E-state index in [1.54, 1.807) is 0 Å². The number of methoxy groups -OCH3 is 1. The summed E-state index contributed by atoms with van der Waals surface area (Å²) >= 11 is 0. The van der Waals surface area contributed by atoms with E-state index in [0.29, 0.717) is 6.54 Å². The van der Waals surface area contributed by atoms with E-state index in [-0.39, 0.29) is 19.2 Å². The highest BCUT2D eigenvalue weighted by atomic mass is 16.5. The number of hydrogen-bond donors (Lipinski definition) is 4. The van der Waals surface area contributed by atoms with Gasteiger partial charge in [0.25, 0.3) is 0 Å². The molecule has 0 bridgehead atoms. The molecule has 120 valence electrons. The van der Waals surface area contributed by atoms with Crippen LogP contribution in [0.4, 0.5) is 4.79 Å². The molecule has 22 heavy (non-hydrogen) atoms. The van der Waals surface area contributed by atoms with Crippen molar-refractivity contribution < 1.29 is 14.6 Å². The molecule has 1 aromatic carbocycles. The summed E-state index contributed by atoms with van der Waals surface area (Å²) < 4.78 is 4.79. The number of aromatic amines is 1. The number of urea groups is 1. The van der Waals surface area contributed by atoms with Crippen LogP contribution in [0.25, 0.3) is 10.9 Å².